The zero-order valence-corrected chi connectivity index (χ0v) is 12.7. The van der Waals surface area contributed by atoms with Crippen molar-refractivity contribution in [2.24, 2.45) is 0 Å². The van der Waals surface area contributed by atoms with Crippen LogP contribution in [0.15, 0.2) is 12.1 Å². The SMILES string of the molecule is COc1cc(OC)c(CNCC(=O)NC2CC2)c(OC)c1. The highest BCUT2D eigenvalue weighted by atomic mass is 16.5. The molecule has 21 heavy (non-hydrogen) atoms. The molecule has 0 heterocycles. The molecule has 1 aliphatic rings. The van der Waals surface area contributed by atoms with Crippen molar-refractivity contribution in [3.8, 4) is 17.2 Å². The number of benzene rings is 1. The van der Waals surface area contributed by atoms with Crippen LogP contribution in [0.4, 0.5) is 0 Å². The van der Waals surface area contributed by atoms with Gasteiger partial charge in [-0.05, 0) is 12.8 Å². The van der Waals surface area contributed by atoms with Crippen molar-refractivity contribution >= 4 is 5.91 Å². The van der Waals surface area contributed by atoms with E-state index in [4.69, 9.17) is 14.2 Å². The van der Waals surface area contributed by atoms with Gasteiger partial charge in [-0.25, -0.2) is 0 Å². The van der Waals surface area contributed by atoms with Gasteiger partial charge in [-0.3, -0.25) is 4.79 Å². The zero-order chi connectivity index (χ0) is 15.2. The summed E-state index contributed by atoms with van der Waals surface area (Å²) >= 11 is 0. The molecular formula is C15H22N2O4. The minimum absolute atomic E-state index is 0.0175. The first-order chi connectivity index (χ1) is 10.2. The van der Waals surface area contributed by atoms with Gasteiger partial charge in [0.2, 0.25) is 5.91 Å². The van der Waals surface area contributed by atoms with Gasteiger partial charge in [-0.15, -0.1) is 0 Å². The fourth-order valence-electron chi connectivity index (χ4n) is 2.06. The molecule has 1 fully saturated rings. The molecule has 2 N–H and O–H groups in total. The maximum Gasteiger partial charge on any atom is 0.234 e. The van der Waals surface area contributed by atoms with Crippen molar-refractivity contribution in [2.75, 3.05) is 27.9 Å². The van der Waals surface area contributed by atoms with Crippen molar-refractivity contribution in [1.82, 2.24) is 10.6 Å². The standard InChI is InChI=1S/C15H22N2O4/c1-19-11-6-13(20-2)12(14(7-11)21-3)8-16-9-15(18)17-10-4-5-10/h6-7,10,16H,4-5,8-9H2,1-3H3,(H,17,18). The Kier molecular flexibility index (Phi) is 5.27. The number of amides is 1. The van der Waals surface area contributed by atoms with E-state index in [1.165, 1.54) is 0 Å². The summed E-state index contributed by atoms with van der Waals surface area (Å²) in [5, 5.41) is 6.04. The van der Waals surface area contributed by atoms with Crippen LogP contribution in [0.5, 0.6) is 17.2 Å². The third-order valence-corrected chi connectivity index (χ3v) is 3.35. The molecule has 0 spiro atoms. The summed E-state index contributed by atoms with van der Waals surface area (Å²) in [5.41, 5.74) is 0.861. The third-order valence-electron chi connectivity index (χ3n) is 3.35. The summed E-state index contributed by atoms with van der Waals surface area (Å²) in [6, 6.07) is 3.97. The van der Waals surface area contributed by atoms with Gasteiger partial charge in [0.05, 0.1) is 33.4 Å². The lowest BCUT2D eigenvalue weighted by molar-refractivity contribution is -0.120. The maximum atomic E-state index is 11.6. The number of hydrogen-bond donors (Lipinski definition) is 2. The number of methoxy groups -OCH3 is 3. The first-order valence-corrected chi connectivity index (χ1v) is 6.97. The van der Waals surface area contributed by atoms with Crippen LogP contribution in [0.2, 0.25) is 0 Å². The molecule has 0 unspecified atom stereocenters. The number of nitrogens with one attached hydrogen (secondary N) is 2. The molecule has 116 valence electrons. The van der Waals surface area contributed by atoms with Gasteiger partial charge in [-0.1, -0.05) is 0 Å². The van der Waals surface area contributed by atoms with Crippen LogP contribution in [-0.2, 0) is 11.3 Å². The van der Waals surface area contributed by atoms with Crippen molar-refractivity contribution in [3.63, 3.8) is 0 Å². The number of carbonyl (C=O) groups excluding carboxylic acids is 1. The topological polar surface area (TPSA) is 68.8 Å². The van der Waals surface area contributed by atoms with Crippen molar-refractivity contribution < 1.29 is 19.0 Å². The van der Waals surface area contributed by atoms with Crippen LogP contribution in [0.3, 0.4) is 0 Å². The Labute approximate surface area is 124 Å². The Morgan fingerprint density at radius 3 is 2.24 bits per heavy atom. The quantitative estimate of drug-likeness (QED) is 0.751. The molecule has 2 rings (SSSR count). The smallest absolute Gasteiger partial charge is 0.234 e. The molecular weight excluding hydrogens is 272 g/mol. The summed E-state index contributed by atoms with van der Waals surface area (Å²) in [4.78, 5) is 11.6. The summed E-state index contributed by atoms with van der Waals surface area (Å²) in [7, 11) is 4.78. The zero-order valence-electron chi connectivity index (χ0n) is 12.7. The van der Waals surface area contributed by atoms with Crippen LogP contribution in [-0.4, -0.2) is 39.8 Å². The van der Waals surface area contributed by atoms with Crippen LogP contribution in [0.1, 0.15) is 18.4 Å². The summed E-state index contributed by atoms with van der Waals surface area (Å²) in [6.07, 6.45) is 2.18. The van der Waals surface area contributed by atoms with Crippen LogP contribution in [0.25, 0.3) is 0 Å². The Morgan fingerprint density at radius 1 is 1.14 bits per heavy atom. The highest BCUT2D eigenvalue weighted by molar-refractivity contribution is 5.78. The average molecular weight is 294 g/mol. The fraction of sp³-hybridized carbons (Fsp3) is 0.533. The predicted octanol–water partition coefficient (Wildman–Crippen LogP) is 1.08. The number of hydrogen-bond acceptors (Lipinski definition) is 5. The molecule has 1 aliphatic carbocycles. The molecule has 6 heteroatoms. The Hall–Kier alpha value is -1.95. The van der Waals surface area contributed by atoms with Crippen molar-refractivity contribution in [3.05, 3.63) is 17.7 Å². The van der Waals surface area contributed by atoms with E-state index in [9.17, 15) is 4.79 Å². The largest absolute Gasteiger partial charge is 0.496 e. The van der Waals surface area contributed by atoms with E-state index < -0.39 is 0 Å². The lowest BCUT2D eigenvalue weighted by Gasteiger charge is -2.15. The van der Waals surface area contributed by atoms with E-state index in [0.29, 0.717) is 29.8 Å². The molecule has 6 nitrogen and oxygen atoms in total. The lowest BCUT2D eigenvalue weighted by Crippen LogP contribution is -2.34. The van der Waals surface area contributed by atoms with E-state index in [1.807, 2.05) is 0 Å². The molecule has 0 atom stereocenters. The van der Waals surface area contributed by atoms with Gasteiger partial charge < -0.3 is 24.8 Å². The molecule has 1 aromatic rings. The highest BCUT2D eigenvalue weighted by Crippen LogP contribution is 2.33. The van der Waals surface area contributed by atoms with Crippen LogP contribution >= 0.6 is 0 Å². The van der Waals surface area contributed by atoms with Gasteiger partial charge in [0.15, 0.2) is 0 Å². The molecule has 1 saturated carbocycles. The van der Waals surface area contributed by atoms with Crippen molar-refractivity contribution in [2.45, 2.75) is 25.4 Å². The average Bonchev–Trinajstić information content (AvgIpc) is 3.30. The summed E-state index contributed by atoms with van der Waals surface area (Å²) in [5.74, 6) is 2.02. The predicted molar refractivity (Wildman–Crippen MR) is 79.0 cm³/mol. The number of ether oxygens (including phenoxy) is 3. The van der Waals surface area contributed by atoms with Crippen molar-refractivity contribution in [1.29, 1.82) is 0 Å². The van der Waals surface area contributed by atoms with Crippen LogP contribution in [0, 0.1) is 0 Å². The molecule has 1 amide bonds. The first-order valence-electron chi connectivity index (χ1n) is 6.97. The second kappa shape index (κ2) is 7.17. The Bertz CT molecular complexity index is 475. The number of rotatable bonds is 8. The summed E-state index contributed by atoms with van der Waals surface area (Å²) in [6.45, 7) is 0.753. The molecule has 1 aromatic carbocycles. The monoisotopic (exact) mass is 294 g/mol. The Balaban J connectivity index is 1.98. The molecule has 0 radical (unpaired) electrons. The molecule has 0 aliphatic heterocycles. The van der Waals surface area contributed by atoms with Gasteiger partial charge in [0.1, 0.15) is 17.2 Å². The minimum Gasteiger partial charge on any atom is -0.496 e. The van der Waals surface area contributed by atoms with Crippen LogP contribution < -0.4 is 24.8 Å². The maximum absolute atomic E-state index is 11.6. The highest BCUT2D eigenvalue weighted by Gasteiger charge is 2.23. The first kappa shape index (κ1) is 15.4. The second-order valence-electron chi connectivity index (χ2n) is 4.96. The molecule has 0 aromatic heterocycles. The second-order valence-corrected chi connectivity index (χ2v) is 4.96. The molecule has 0 saturated heterocycles. The van der Waals surface area contributed by atoms with E-state index in [2.05, 4.69) is 10.6 Å². The van der Waals surface area contributed by atoms with Gasteiger partial charge >= 0.3 is 0 Å². The lowest BCUT2D eigenvalue weighted by atomic mass is 10.1. The van der Waals surface area contributed by atoms with E-state index in [0.717, 1.165) is 18.4 Å². The number of carbonyl (C=O) groups is 1. The molecule has 0 bridgehead atoms. The van der Waals surface area contributed by atoms with E-state index in [-0.39, 0.29) is 12.5 Å². The summed E-state index contributed by atoms with van der Waals surface area (Å²) < 4.78 is 15.9. The van der Waals surface area contributed by atoms with E-state index >= 15 is 0 Å². The van der Waals surface area contributed by atoms with Gasteiger partial charge in [-0.2, -0.15) is 0 Å². The van der Waals surface area contributed by atoms with Gasteiger partial charge in [0, 0.05) is 24.7 Å². The minimum atomic E-state index is 0.0175. The van der Waals surface area contributed by atoms with Gasteiger partial charge in [0.25, 0.3) is 0 Å². The van der Waals surface area contributed by atoms with E-state index in [1.54, 1.807) is 33.5 Å². The normalized spacial score (nSPS) is 13.7. The fourth-order valence-corrected chi connectivity index (χ4v) is 2.06. The Morgan fingerprint density at radius 2 is 1.76 bits per heavy atom. The third kappa shape index (κ3) is 4.26.